The fourth-order valence-corrected chi connectivity index (χ4v) is 4.52. The average Bonchev–Trinajstić information content (AvgIpc) is 3.14. The summed E-state index contributed by atoms with van der Waals surface area (Å²) in [6.45, 7) is 2.98. The molecule has 2 bridgehead atoms. The first-order valence-electron chi connectivity index (χ1n) is 10.4. The number of amides is 1. The van der Waals surface area contributed by atoms with E-state index in [0.29, 0.717) is 47.4 Å². The van der Waals surface area contributed by atoms with Crippen LogP contribution in [0.5, 0.6) is 11.6 Å². The molecular formula is C21H21FN6O3. The number of rotatable bonds is 0. The van der Waals surface area contributed by atoms with Crippen LogP contribution in [-0.4, -0.2) is 50.3 Å². The van der Waals surface area contributed by atoms with Gasteiger partial charge in [0.25, 0.3) is 5.91 Å². The van der Waals surface area contributed by atoms with Crippen LogP contribution >= 0.6 is 0 Å². The number of ether oxygens (including phenoxy) is 2. The number of carbonyl (C=O) groups is 1. The van der Waals surface area contributed by atoms with Crippen molar-refractivity contribution in [3.63, 3.8) is 0 Å². The van der Waals surface area contributed by atoms with Crippen LogP contribution in [0.1, 0.15) is 42.1 Å². The third kappa shape index (κ3) is 2.81. The van der Waals surface area contributed by atoms with Crippen LogP contribution in [-0.2, 0) is 6.54 Å². The van der Waals surface area contributed by atoms with Crippen LogP contribution in [0, 0.1) is 5.82 Å². The van der Waals surface area contributed by atoms with Crippen molar-refractivity contribution in [2.24, 2.45) is 0 Å². The van der Waals surface area contributed by atoms with Crippen molar-refractivity contribution < 1.29 is 18.7 Å². The highest BCUT2D eigenvalue weighted by Crippen LogP contribution is 2.47. The highest BCUT2D eigenvalue weighted by Gasteiger charge is 2.48. The van der Waals surface area contributed by atoms with Crippen LogP contribution < -0.4 is 19.7 Å². The number of hydrogen-bond acceptors (Lipinski definition) is 7. The first kappa shape index (κ1) is 18.3. The summed E-state index contributed by atoms with van der Waals surface area (Å²) in [5, 5.41) is 7.14. The third-order valence-electron chi connectivity index (χ3n) is 6.38. The Morgan fingerprint density at radius 1 is 1.32 bits per heavy atom. The zero-order valence-corrected chi connectivity index (χ0v) is 17.0. The molecule has 160 valence electrons. The SMILES string of the molecule is C[C@H]1CNC(=O)c2cnn3cc4c(nc23)N(Cc2cc(F)cnc2O1)C1(CCC1)CO4. The number of carbonyl (C=O) groups excluding carboxylic acids is 1. The molecule has 1 amide bonds. The van der Waals surface area contributed by atoms with Crippen molar-refractivity contribution in [1.29, 1.82) is 0 Å². The van der Waals surface area contributed by atoms with E-state index in [4.69, 9.17) is 14.5 Å². The minimum atomic E-state index is -0.426. The molecule has 1 spiro atoms. The number of anilines is 1. The molecule has 6 rings (SSSR count). The van der Waals surface area contributed by atoms with Crippen molar-refractivity contribution in [1.82, 2.24) is 24.9 Å². The second-order valence-electron chi connectivity index (χ2n) is 8.46. The first-order valence-corrected chi connectivity index (χ1v) is 10.4. The molecule has 1 fully saturated rings. The maximum absolute atomic E-state index is 14.2. The lowest BCUT2D eigenvalue weighted by molar-refractivity contribution is 0.0932. The Kier molecular flexibility index (Phi) is 3.87. The van der Waals surface area contributed by atoms with Crippen LogP contribution in [0.25, 0.3) is 5.65 Å². The number of aromatic nitrogens is 4. The summed E-state index contributed by atoms with van der Waals surface area (Å²) >= 11 is 0. The minimum absolute atomic E-state index is 0.226. The van der Waals surface area contributed by atoms with Crippen molar-refractivity contribution >= 4 is 17.4 Å². The standard InChI is InChI=1S/C21H21FN6O3/c1-12-6-23-19(29)15-8-25-28-10-16-18(26-17(15)28)27(21(11-30-16)3-2-4-21)9-13-5-14(22)7-24-20(13)31-12/h5,7-8,10,12H,2-4,6,9,11H2,1H3,(H,23,29)/t12-/m0/s1. The summed E-state index contributed by atoms with van der Waals surface area (Å²) in [7, 11) is 0. The van der Waals surface area contributed by atoms with Gasteiger partial charge in [0.15, 0.2) is 17.2 Å². The van der Waals surface area contributed by atoms with Gasteiger partial charge in [0, 0.05) is 5.56 Å². The molecule has 0 radical (unpaired) electrons. The molecule has 5 heterocycles. The molecule has 10 heteroatoms. The molecule has 3 aromatic heterocycles. The fraction of sp³-hybridized carbons (Fsp3) is 0.429. The smallest absolute Gasteiger partial charge is 0.256 e. The largest absolute Gasteiger partial charge is 0.486 e. The van der Waals surface area contributed by atoms with Gasteiger partial charge in [0.2, 0.25) is 5.88 Å². The molecule has 0 aromatic carbocycles. The van der Waals surface area contributed by atoms with Crippen molar-refractivity contribution in [2.75, 3.05) is 18.1 Å². The Hall–Kier alpha value is -3.43. The molecular weight excluding hydrogens is 403 g/mol. The number of nitrogens with one attached hydrogen (secondary N) is 1. The Balaban J connectivity index is 1.57. The summed E-state index contributed by atoms with van der Waals surface area (Å²) in [5.74, 6) is 0.843. The summed E-state index contributed by atoms with van der Waals surface area (Å²) in [6, 6.07) is 1.46. The van der Waals surface area contributed by atoms with E-state index < -0.39 is 5.82 Å². The van der Waals surface area contributed by atoms with Gasteiger partial charge in [-0.3, -0.25) is 4.79 Å². The molecule has 1 saturated carbocycles. The van der Waals surface area contributed by atoms with Crippen LogP contribution in [0.15, 0.2) is 24.7 Å². The molecule has 0 unspecified atom stereocenters. The van der Waals surface area contributed by atoms with Crippen molar-refractivity contribution in [3.8, 4) is 11.6 Å². The van der Waals surface area contributed by atoms with E-state index >= 15 is 0 Å². The van der Waals surface area contributed by atoms with Crippen LogP contribution in [0.2, 0.25) is 0 Å². The highest BCUT2D eigenvalue weighted by atomic mass is 19.1. The van der Waals surface area contributed by atoms with E-state index in [0.717, 1.165) is 25.5 Å². The van der Waals surface area contributed by atoms with E-state index in [2.05, 4.69) is 20.3 Å². The van der Waals surface area contributed by atoms with Gasteiger partial charge in [-0.05, 0) is 32.3 Å². The molecule has 3 aliphatic rings. The second-order valence-corrected chi connectivity index (χ2v) is 8.46. The Bertz CT molecular complexity index is 1210. The van der Waals surface area contributed by atoms with E-state index in [1.54, 1.807) is 10.7 Å². The Morgan fingerprint density at radius 2 is 2.19 bits per heavy atom. The number of hydrogen-bond donors (Lipinski definition) is 1. The predicted molar refractivity (Wildman–Crippen MR) is 108 cm³/mol. The lowest BCUT2D eigenvalue weighted by Gasteiger charge is -2.53. The molecule has 2 aliphatic heterocycles. The van der Waals surface area contributed by atoms with E-state index in [9.17, 15) is 9.18 Å². The number of fused-ring (bicyclic) bond motifs is 2. The fourth-order valence-electron chi connectivity index (χ4n) is 4.52. The lowest BCUT2D eigenvalue weighted by atomic mass is 9.75. The average molecular weight is 424 g/mol. The van der Waals surface area contributed by atoms with E-state index in [-0.39, 0.29) is 24.1 Å². The van der Waals surface area contributed by atoms with Crippen molar-refractivity contribution in [3.05, 3.63) is 41.6 Å². The topological polar surface area (TPSA) is 93.9 Å². The number of nitrogens with zero attached hydrogens (tertiary/aromatic N) is 5. The summed E-state index contributed by atoms with van der Waals surface area (Å²) < 4.78 is 27.8. The molecule has 9 nitrogen and oxygen atoms in total. The molecule has 3 aromatic rings. The summed E-state index contributed by atoms with van der Waals surface area (Å²) in [4.78, 5) is 24.0. The molecule has 31 heavy (non-hydrogen) atoms. The van der Waals surface area contributed by atoms with Crippen molar-refractivity contribution in [2.45, 2.75) is 44.4 Å². The van der Waals surface area contributed by atoms with Gasteiger partial charge in [-0.1, -0.05) is 0 Å². The molecule has 1 atom stereocenters. The van der Waals surface area contributed by atoms with Crippen LogP contribution in [0.4, 0.5) is 10.2 Å². The molecule has 0 saturated heterocycles. The van der Waals surface area contributed by atoms with Gasteiger partial charge in [-0.2, -0.15) is 5.10 Å². The Labute approximate surface area is 177 Å². The van der Waals surface area contributed by atoms with Gasteiger partial charge < -0.3 is 19.7 Å². The van der Waals surface area contributed by atoms with Gasteiger partial charge in [-0.25, -0.2) is 18.9 Å². The monoisotopic (exact) mass is 424 g/mol. The quantitative estimate of drug-likeness (QED) is 0.591. The highest BCUT2D eigenvalue weighted by molar-refractivity contribution is 5.99. The van der Waals surface area contributed by atoms with Gasteiger partial charge >= 0.3 is 0 Å². The third-order valence-corrected chi connectivity index (χ3v) is 6.38. The Morgan fingerprint density at radius 3 is 3.00 bits per heavy atom. The normalized spacial score (nSPS) is 21.8. The first-order chi connectivity index (χ1) is 15.0. The molecule has 1 N–H and O–H groups in total. The van der Waals surface area contributed by atoms with Gasteiger partial charge in [-0.15, -0.1) is 0 Å². The summed E-state index contributed by atoms with van der Waals surface area (Å²) in [6.07, 6.45) is 7.01. The van der Waals surface area contributed by atoms with Gasteiger partial charge in [0.05, 0.1) is 37.2 Å². The number of pyridine rings is 1. The minimum Gasteiger partial charge on any atom is -0.486 e. The second kappa shape index (κ2) is 6.53. The number of halogens is 1. The zero-order chi connectivity index (χ0) is 21.2. The van der Waals surface area contributed by atoms with Gasteiger partial charge in [0.1, 0.15) is 24.1 Å². The maximum Gasteiger partial charge on any atom is 0.256 e. The van der Waals surface area contributed by atoms with E-state index in [1.165, 1.54) is 12.3 Å². The zero-order valence-electron chi connectivity index (χ0n) is 17.0. The van der Waals surface area contributed by atoms with E-state index in [1.807, 2.05) is 6.92 Å². The van der Waals surface area contributed by atoms with Crippen LogP contribution in [0.3, 0.4) is 0 Å². The predicted octanol–water partition coefficient (Wildman–Crippen LogP) is 2.10. The summed E-state index contributed by atoms with van der Waals surface area (Å²) in [5.41, 5.74) is 1.23. The lowest BCUT2D eigenvalue weighted by Crippen LogP contribution is -2.60. The molecule has 1 aliphatic carbocycles. The maximum atomic E-state index is 14.2.